The van der Waals surface area contributed by atoms with Crippen molar-refractivity contribution in [2.45, 2.75) is 16.7 Å². The number of likely N-dealkylation sites (N-methyl/N-ethyl adjacent to an activating group) is 1. The fourth-order valence-electron chi connectivity index (χ4n) is 1.46. The van der Waals surface area contributed by atoms with Crippen LogP contribution in [0.2, 0.25) is 0 Å². The second-order valence-corrected chi connectivity index (χ2v) is 8.72. The van der Waals surface area contributed by atoms with E-state index in [0.29, 0.717) is 6.54 Å². The van der Waals surface area contributed by atoms with Crippen LogP contribution in [0.5, 0.6) is 0 Å². The molecular formula is C11H17BrN2O4S2. The maximum atomic E-state index is 12.1. The van der Waals surface area contributed by atoms with Crippen molar-refractivity contribution in [2.24, 2.45) is 0 Å². The average molecular weight is 385 g/mol. The minimum Gasteiger partial charge on any atom is -0.316 e. The van der Waals surface area contributed by atoms with Crippen LogP contribution in [0, 0.1) is 0 Å². The Morgan fingerprint density at radius 3 is 2.30 bits per heavy atom. The van der Waals surface area contributed by atoms with Gasteiger partial charge in [0.1, 0.15) is 0 Å². The standard InChI is InChI=1S/C11H17BrN2O4S2/c1-3-13-6-7-14-20(17,18)11-5-4-9(8-10(11)12)19(2,15)16/h4-5,8,13-14H,3,6-7H2,1-2H3. The normalized spacial score (nSPS) is 12.6. The lowest BCUT2D eigenvalue weighted by Crippen LogP contribution is -2.32. The summed E-state index contributed by atoms with van der Waals surface area (Å²) < 4.78 is 49.6. The molecule has 0 aliphatic heterocycles. The zero-order chi connectivity index (χ0) is 15.4. The molecule has 0 aromatic heterocycles. The third kappa shape index (κ3) is 4.81. The molecule has 2 N–H and O–H groups in total. The summed E-state index contributed by atoms with van der Waals surface area (Å²) in [6, 6.07) is 3.84. The molecule has 114 valence electrons. The number of hydrogen-bond acceptors (Lipinski definition) is 5. The van der Waals surface area contributed by atoms with Crippen molar-refractivity contribution in [1.29, 1.82) is 0 Å². The molecule has 0 saturated carbocycles. The van der Waals surface area contributed by atoms with E-state index in [1.807, 2.05) is 6.92 Å². The zero-order valence-electron chi connectivity index (χ0n) is 11.2. The molecule has 1 aromatic carbocycles. The van der Waals surface area contributed by atoms with Gasteiger partial charge >= 0.3 is 0 Å². The van der Waals surface area contributed by atoms with Crippen LogP contribution in [0.15, 0.2) is 32.5 Å². The highest BCUT2D eigenvalue weighted by molar-refractivity contribution is 9.10. The summed E-state index contributed by atoms with van der Waals surface area (Å²) in [5.74, 6) is 0. The van der Waals surface area contributed by atoms with E-state index in [1.54, 1.807) is 0 Å². The number of rotatable bonds is 7. The Morgan fingerprint density at radius 1 is 1.15 bits per heavy atom. The maximum Gasteiger partial charge on any atom is 0.241 e. The van der Waals surface area contributed by atoms with Crippen molar-refractivity contribution in [2.75, 3.05) is 25.9 Å². The highest BCUT2D eigenvalue weighted by Gasteiger charge is 2.19. The van der Waals surface area contributed by atoms with E-state index in [-0.39, 0.29) is 20.8 Å². The van der Waals surface area contributed by atoms with E-state index >= 15 is 0 Å². The van der Waals surface area contributed by atoms with Crippen LogP contribution in [0.4, 0.5) is 0 Å². The van der Waals surface area contributed by atoms with Gasteiger partial charge in [0, 0.05) is 23.8 Å². The van der Waals surface area contributed by atoms with Crippen LogP contribution in [0.1, 0.15) is 6.92 Å². The van der Waals surface area contributed by atoms with Crippen LogP contribution in [0.25, 0.3) is 0 Å². The van der Waals surface area contributed by atoms with Gasteiger partial charge in [0.2, 0.25) is 10.0 Å². The van der Waals surface area contributed by atoms with Gasteiger partial charge in [-0.1, -0.05) is 6.92 Å². The van der Waals surface area contributed by atoms with Crippen molar-refractivity contribution in [1.82, 2.24) is 10.0 Å². The minimum absolute atomic E-state index is 0.0152. The lowest BCUT2D eigenvalue weighted by molar-refractivity contribution is 0.576. The van der Waals surface area contributed by atoms with E-state index in [2.05, 4.69) is 26.0 Å². The van der Waals surface area contributed by atoms with Gasteiger partial charge in [0.15, 0.2) is 9.84 Å². The third-order valence-electron chi connectivity index (χ3n) is 2.46. The lowest BCUT2D eigenvalue weighted by Gasteiger charge is -2.09. The Bertz CT molecular complexity index is 672. The van der Waals surface area contributed by atoms with Crippen LogP contribution < -0.4 is 10.0 Å². The third-order valence-corrected chi connectivity index (χ3v) is 6.01. The average Bonchev–Trinajstić information content (AvgIpc) is 2.33. The summed E-state index contributed by atoms with van der Waals surface area (Å²) in [6.45, 7) is 3.47. The largest absolute Gasteiger partial charge is 0.316 e. The van der Waals surface area contributed by atoms with Gasteiger partial charge in [-0.25, -0.2) is 21.6 Å². The molecule has 0 bridgehead atoms. The first kappa shape index (κ1) is 17.6. The molecule has 0 heterocycles. The first-order chi connectivity index (χ1) is 9.18. The van der Waals surface area contributed by atoms with Gasteiger partial charge in [0.05, 0.1) is 9.79 Å². The van der Waals surface area contributed by atoms with Gasteiger partial charge in [-0.3, -0.25) is 0 Å². The van der Waals surface area contributed by atoms with Crippen LogP contribution >= 0.6 is 15.9 Å². The van der Waals surface area contributed by atoms with E-state index in [9.17, 15) is 16.8 Å². The van der Waals surface area contributed by atoms with E-state index < -0.39 is 19.9 Å². The number of sulfonamides is 1. The molecule has 0 amide bonds. The van der Waals surface area contributed by atoms with Crippen molar-refractivity contribution < 1.29 is 16.8 Å². The van der Waals surface area contributed by atoms with Gasteiger partial charge in [-0.15, -0.1) is 0 Å². The minimum atomic E-state index is -3.67. The molecule has 0 fully saturated rings. The van der Waals surface area contributed by atoms with Gasteiger partial charge < -0.3 is 5.32 Å². The molecule has 1 rings (SSSR count). The smallest absolute Gasteiger partial charge is 0.241 e. The molecule has 1 aromatic rings. The number of nitrogens with one attached hydrogen (secondary N) is 2. The molecule has 0 atom stereocenters. The summed E-state index contributed by atoms with van der Waals surface area (Å²) in [6.07, 6.45) is 1.07. The van der Waals surface area contributed by atoms with Crippen LogP contribution in [0.3, 0.4) is 0 Å². The van der Waals surface area contributed by atoms with Gasteiger partial charge in [-0.2, -0.15) is 0 Å². The van der Waals surface area contributed by atoms with Gasteiger partial charge in [0.25, 0.3) is 0 Å². The highest BCUT2D eigenvalue weighted by atomic mass is 79.9. The molecule has 0 aliphatic rings. The first-order valence-electron chi connectivity index (χ1n) is 5.88. The van der Waals surface area contributed by atoms with Crippen molar-refractivity contribution in [3.05, 3.63) is 22.7 Å². The Balaban J connectivity index is 2.97. The molecule has 20 heavy (non-hydrogen) atoms. The molecule has 0 radical (unpaired) electrons. The Labute approximate surface area is 128 Å². The van der Waals surface area contributed by atoms with E-state index in [1.165, 1.54) is 18.2 Å². The predicted octanol–water partition coefficient (Wildman–Crippen LogP) is 0.740. The van der Waals surface area contributed by atoms with Gasteiger partial charge in [-0.05, 0) is 40.7 Å². The fraction of sp³-hybridized carbons (Fsp3) is 0.455. The summed E-state index contributed by atoms with van der Waals surface area (Å²) >= 11 is 3.10. The SMILES string of the molecule is CCNCCNS(=O)(=O)c1ccc(S(C)(=O)=O)cc1Br. The maximum absolute atomic E-state index is 12.1. The summed E-state index contributed by atoms with van der Waals surface area (Å²) in [7, 11) is -7.03. The van der Waals surface area contributed by atoms with Crippen molar-refractivity contribution in [3.8, 4) is 0 Å². The molecule has 0 aliphatic carbocycles. The van der Waals surface area contributed by atoms with E-state index in [4.69, 9.17) is 0 Å². The number of benzene rings is 1. The van der Waals surface area contributed by atoms with E-state index in [0.717, 1.165) is 12.8 Å². The Morgan fingerprint density at radius 2 is 1.80 bits per heavy atom. The lowest BCUT2D eigenvalue weighted by atomic mass is 10.4. The van der Waals surface area contributed by atoms with Crippen LogP contribution in [-0.4, -0.2) is 42.7 Å². The zero-order valence-corrected chi connectivity index (χ0v) is 14.4. The molecule has 0 unspecified atom stereocenters. The second-order valence-electron chi connectivity index (χ2n) is 4.12. The van der Waals surface area contributed by atoms with Crippen LogP contribution in [-0.2, 0) is 19.9 Å². The summed E-state index contributed by atoms with van der Waals surface area (Å²) in [5, 5.41) is 3.00. The molecule has 9 heteroatoms. The predicted molar refractivity (Wildman–Crippen MR) is 81.0 cm³/mol. The Hall–Kier alpha value is -0.480. The van der Waals surface area contributed by atoms with Crippen molar-refractivity contribution >= 4 is 35.8 Å². The summed E-state index contributed by atoms with van der Waals surface area (Å²) in [4.78, 5) is 0.0809. The van der Waals surface area contributed by atoms with Crippen molar-refractivity contribution in [3.63, 3.8) is 0 Å². The highest BCUT2D eigenvalue weighted by Crippen LogP contribution is 2.25. The Kier molecular flexibility index (Phi) is 6.14. The number of hydrogen-bond donors (Lipinski definition) is 2. The molecule has 0 saturated heterocycles. The summed E-state index contributed by atoms with van der Waals surface area (Å²) in [5.41, 5.74) is 0. The second kappa shape index (κ2) is 6.99. The quantitative estimate of drug-likeness (QED) is 0.676. The monoisotopic (exact) mass is 384 g/mol. The number of halogens is 1. The molecular weight excluding hydrogens is 368 g/mol. The molecule has 0 spiro atoms. The number of sulfone groups is 1. The topological polar surface area (TPSA) is 92.3 Å². The fourth-order valence-corrected chi connectivity index (χ4v) is 4.36. The first-order valence-corrected chi connectivity index (χ1v) is 10.0. The molecule has 6 nitrogen and oxygen atoms in total.